The van der Waals surface area contributed by atoms with Crippen molar-refractivity contribution in [1.29, 1.82) is 0 Å². The number of anilines is 2. The molecule has 0 saturated carbocycles. The van der Waals surface area contributed by atoms with Crippen LogP contribution >= 0.6 is 0 Å². The lowest BCUT2D eigenvalue weighted by molar-refractivity contribution is 0.317. The molecular formula is C15H18N4. The molecule has 1 aliphatic rings. The van der Waals surface area contributed by atoms with Crippen molar-refractivity contribution in [2.24, 2.45) is 0 Å². The zero-order chi connectivity index (χ0) is 13.1. The Hall–Kier alpha value is -1.94. The van der Waals surface area contributed by atoms with E-state index >= 15 is 0 Å². The van der Waals surface area contributed by atoms with Gasteiger partial charge in [0.25, 0.3) is 0 Å². The summed E-state index contributed by atoms with van der Waals surface area (Å²) in [4.78, 5) is 11.0. The fraction of sp³-hybridized carbons (Fsp3) is 0.333. The Kier molecular flexibility index (Phi) is 3.42. The van der Waals surface area contributed by atoms with E-state index < -0.39 is 0 Å². The topological polar surface area (TPSA) is 41.1 Å². The van der Waals surface area contributed by atoms with Gasteiger partial charge in [0.15, 0.2) is 0 Å². The second kappa shape index (κ2) is 5.36. The van der Waals surface area contributed by atoms with Gasteiger partial charge in [-0.05, 0) is 56.3 Å². The number of hydrogen-bond acceptors (Lipinski definition) is 4. The SMILES string of the molecule is CN1CCC[C@@H]1c1ccnc(Nc2ccccn2)c1. The minimum Gasteiger partial charge on any atom is -0.325 e. The van der Waals surface area contributed by atoms with Crippen LogP contribution in [0.1, 0.15) is 24.4 Å². The van der Waals surface area contributed by atoms with E-state index in [0.717, 1.165) is 11.6 Å². The molecule has 1 atom stereocenters. The van der Waals surface area contributed by atoms with Gasteiger partial charge in [0.1, 0.15) is 11.6 Å². The summed E-state index contributed by atoms with van der Waals surface area (Å²) in [5, 5.41) is 3.24. The number of aromatic nitrogens is 2. The summed E-state index contributed by atoms with van der Waals surface area (Å²) >= 11 is 0. The molecule has 1 saturated heterocycles. The molecule has 0 aromatic carbocycles. The van der Waals surface area contributed by atoms with Gasteiger partial charge in [0.2, 0.25) is 0 Å². The minimum atomic E-state index is 0.521. The van der Waals surface area contributed by atoms with E-state index in [1.165, 1.54) is 24.9 Å². The summed E-state index contributed by atoms with van der Waals surface area (Å²) in [7, 11) is 2.18. The largest absolute Gasteiger partial charge is 0.325 e. The van der Waals surface area contributed by atoms with Gasteiger partial charge in [-0.15, -0.1) is 0 Å². The van der Waals surface area contributed by atoms with Gasteiger partial charge in [-0.2, -0.15) is 0 Å². The Morgan fingerprint density at radius 3 is 2.79 bits per heavy atom. The first-order valence-electron chi connectivity index (χ1n) is 6.67. The zero-order valence-electron chi connectivity index (χ0n) is 11.1. The van der Waals surface area contributed by atoms with Gasteiger partial charge in [-0.25, -0.2) is 9.97 Å². The quantitative estimate of drug-likeness (QED) is 0.914. The Labute approximate surface area is 113 Å². The van der Waals surface area contributed by atoms with Crippen molar-refractivity contribution in [3.63, 3.8) is 0 Å². The monoisotopic (exact) mass is 254 g/mol. The molecule has 1 aliphatic heterocycles. The van der Waals surface area contributed by atoms with Crippen LogP contribution in [0.5, 0.6) is 0 Å². The molecule has 0 radical (unpaired) electrons. The number of likely N-dealkylation sites (tertiary alicyclic amines) is 1. The first-order valence-corrected chi connectivity index (χ1v) is 6.67. The fourth-order valence-electron chi connectivity index (χ4n) is 2.62. The molecule has 3 heterocycles. The summed E-state index contributed by atoms with van der Waals surface area (Å²) in [5.74, 6) is 1.68. The van der Waals surface area contributed by atoms with E-state index in [1.807, 2.05) is 24.4 Å². The molecule has 0 unspecified atom stereocenters. The van der Waals surface area contributed by atoms with E-state index in [2.05, 4.69) is 39.4 Å². The predicted octanol–water partition coefficient (Wildman–Crippen LogP) is 2.99. The summed E-state index contributed by atoms with van der Waals surface area (Å²) in [6.45, 7) is 1.18. The van der Waals surface area contributed by atoms with Crippen molar-refractivity contribution in [2.45, 2.75) is 18.9 Å². The van der Waals surface area contributed by atoms with E-state index in [1.54, 1.807) is 6.20 Å². The maximum atomic E-state index is 4.36. The highest BCUT2D eigenvalue weighted by atomic mass is 15.1. The van der Waals surface area contributed by atoms with Crippen LogP contribution in [-0.4, -0.2) is 28.5 Å². The van der Waals surface area contributed by atoms with Crippen LogP contribution in [0.2, 0.25) is 0 Å². The molecule has 0 aliphatic carbocycles. The summed E-state index contributed by atoms with van der Waals surface area (Å²) in [6, 6.07) is 10.6. The van der Waals surface area contributed by atoms with Gasteiger partial charge in [-0.3, -0.25) is 4.90 Å². The third kappa shape index (κ3) is 2.74. The van der Waals surface area contributed by atoms with Gasteiger partial charge in [-0.1, -0.05) is 6.07 Å². The van der Waals surface area contributed by atoms with Crippen LogP contribution in [0, 0.1) is 0 Å². The van der Waals surface area contributed by atoms with Gasteiger partial charge in [0.05, 0.1) is 0 Å². The maximum Gasteiger partial charge on any atom is 0.131 e. The number of hydrogen-bond donors (Lipinski definition) is 1. The lowest BCUT2D eigenvalue weighted by Crippen LogP contribution is -2.17. The molecule has 2 aromatic heterocycles. The van der Waals surface area contributed by atoms with Gasteiger partial charge in [0, 0.05) is 18.4 Å². The highest BCUT2D eigenvalue weighted by molar-refractivity contribution is 5.52. The molecule has 3 rings (SSSR count). The maximum absolute atomic E-state index is 4.36. The Morgan fingerprint density at radius 1 is 1.16 bits per heavy atom. The highest BCUT2D eigenvalue weighted by Gasteiger charge is 2.22. The number of nitrogens with zero attached hydrogens (tertiary/aromatic N) is 3. The van der Waals surface area contributed by atoms with Crippen LogP contribution in [0.25, 0.3) is 0 Å². The normalized spacial score (nSPS) is 19.5. The number of rotatable bonds is 3. The lowest BCUT2D eigenvalue weighted by Gasteiger charge is -2.20. The van der Waals surface area contributed by atoms with Crippen molar-refractivity contribution in [1.82, 2.24) is 14.9 Å². The zero-order valence-corrected chi connectivity index (χ0v) is 11.1. The molecular weight excluding hydrogens is 236 g/mol. The first-order chi connectivity index (χ1) is 9.33. The molecule has 0 spiro atoms. The molecule has 4 heteroatoms. The fourth-order valence-corrected chi connectivity index (χ4v) is 2.62. The second-order valence-corrected chi connectivity index (χ2v) is 4.95. The Balaban J connectivity index is 1.80. The Morgan fingerprint density at radius 2 is 2.05 bits per heavy atom. The van der Waals surface area contributed by atoms with Crippen LogP contribution in [0.15, 0.2) is 42.7 Å². The smallest absolute Gasteiger partial charge is 0.131 e. The first kappa shape index (κ1) is 12.1. The third-order valence-corrected chi connectivity index (χ3v) is 3.61. The summed E-state index contributed by atoms with van der Waals surface area (Å²) < 4.78 is 0. The average Bonchev–Trinajstić information content (AvgIpc) is 2.86. The molecule has 0 bridgehead atoms. The van der Waals surface area contributed by atoms with Crippen molar-refractivity contribution < 1.29 is 0 Å². The van der Waals surface area contributed by atoms with Crippen LogP contribution < -0.4 is 5.32 Å². The molecule has 4 nitrogen and oxygen atoms in total. The summed E-state index contributed by atoms with van der Waals surface area (Å²) in [5.41, 5.74) is 1.33. The summed E-state index contributed by atoms with van der Waals surface area (Å²) in [6.07, 6.45) is 6.14. The molecule has 0 amide bonds. The molecule has 98 valence electrons. The molecule has 19 heavy (non-hydrogen) atoms. The van der Waals surface area contributed by atoms with E-state index in [9.17, 15) is 0 Å². The lowest BCUT2D eigenvalue weighted by atomic mass is 10.1. The third-order valence-electron chi connectivity index (χ3n) is 3.61. The van der Waals surface area contributed by atoms with E-state index in [-0.39, 0.29) is 0 Å². The standard InChI is InChI=1S/C15H18N4/c1-19-10-4-5-13(19)12-7-9-17-15(11-12)18-14-6-2-3-8-16-14/h2-3,6-9,11,13H,4-5,10H2,1H3,(H,16,17,18)/t13-/m1/s1. The second-order valence-electron chi connectivity index (χ2n) is 4.95. The van der Waals surface area contributed by atoms with E-state index in [0.29, 0.717) is 6.04 Å². The van der Waals surface area contributed by atoms with Gasteiger partial charge >= 0.3 is 0 Å². The highest BCUT2D eigenvalue weighted by Crippen LogP contribution is 2.31. The molecule has 2 aromatic rings. The van der Waals surface area contributed by atoms with Crippen LogP contribution in [0.4, 0.5) is 11.6 Å². The number of nitrogens with one attached hydrogen (secondary N) is 1. The van der Waals surface area contributed by atoms with E-state index in [4.69, 9.17) is 0 Å². The predicted molar refractivity (Wildman–Crippen MR) is 76.4 cm³/mol. The average molecular weight is 254 g/mol. The van der Waals surface area contributed by atoms with Crippen LogP contribution in [-0.2, 0) is 0 Å². The van der Waals surface area contributed by atoms with Crippen molar-refractivity contribution in [2.75, 3.05) is 18.9 Å². The van der Waals surface area contributed by atoms with Crippen molar-refractivity contribution in [3.8, 4) is 0 Å². The Bertz CT molecular complexity index is 541. The van der Waals surface area contributed by atoms with Crippen molar-refractivity contribution in [3.05, 3.63) is 48.3 Å². The van der Waals surface area contributed by atoms with Crippen molar-refractivity contribution >= 4 is 11.6 Å². The van der Waals surface area contributed by atoms with Gasteiger partial charge < -0.3 is 5.32 Å². The minimum absolute atomic E-state index is 0.521. The molecule has 1 N–H and O–H groups in total. The van der Waals surface area contributed by atoms with Crippen LogP contribution in [0.3, 0.4) is 0 Å². The number of pyridine rings is 2. The molecule has 1 fully saturated rings.